The molecular formula is C11H21NO. The van der Waals surface area contributed by atoms with E-state index < -0.39 is 0 Å². The summed E-state index contributed by atoms with van der Waals surface area (Å²) >= 11 is 0. The van der Waals surface area contributed by atoms with Crippen molar-refractivity contribution in [3.05, 3.63) is 12.7 Å². The average molecular weight is 183 g/mol. The first-order valence-corrected chi connectivity index (χ1v) is 5.03. The lowest BCUT2D eigenvalue weighted by Gasteiger charge is -2.28. The fourth-order valence-electron chi connectivity index (χ4n) is 1.91. The topological polar surface area (TPSA) is 43.1 Å². The summed E-state index contributed by atoms with van der Waals surface area (Å²) in [6.07, 6.45) is 6.26. The van der Waals surface area contributed by atoms with Gasteiger partial charge in [-0.1, -0.05) is 32.8 Å². The van der Waals surface area contributed by atoms with Gasteiger partial charge in [0.15, 0.2) is 0 Å². The molecular weight excluding hydrogens is 162 g/mol. The zero-order valence-corrected chi connectivity index (χ0v) is 8.81. The summed E-state index contributed by atoms with van der Waals surface area (Å²) in [6, 6.07) is 0. The van der Waals surface area contributed by atoms with E-state index in [1.165, 1.54) is 0 Å². The standard InChI is InChI=1S/C11H21NO/c1-4-7-11(8-5-2,9-6-3)10(12)13/h4H,1,5-9H2,2-3H3,(H2,12,13). The Labute approximate surface area is 81.2 Å². The molecule has 0 aromatic carbocycles. The molecule has 13 heavy (non-hydrogen) atoms. The van der Waals surface area contributed by atoms with Gasteiger partial charge in [0.1, 0.15) is 0 Å². The number of carbonyl (C=O) groups excluding carboxylic acids is 1. The van der Waals surface area contributed by atoms with E-state index in [2.05, 4.69) is 20.4 Å². The number of rotatable bonds is 7. The van der Waals surface area contributed by atoms with Crippen LogP contribution in [0.5, 0.6) is 0 Å². The molecule has 0 radical (unpaired) electrons. The van der Waals surface area contributed by atoms with Gasteiger partial charge in [-0.05, 0) is 19.3 Å². The summed E-state index contributed by atoms with van der Waals surface area (Å²) in [5.74, 6) is -0.170. The Morgan fingerprint density at radius 3 is 2.08 bits per heavy atom. The molecule has 0 heterocycles. The van der Waals surface area contributed by atoms with Crippen LogP contribution in [0.1, 0.15) is 46.0 Å². The van der Waals surface area contributed by atoms with Crippen LogP contribution in [0.2, 0.25) is 0 Å². The molecule has 0 aliphatic rings. The summed E-state index contributed by atoms with van der Waals surface area (Å²) < 4.78 is 0. The van der Waals surface area contributed by atoms with Gasteiger partial charge in [0, 0.05) is 0 Å². The van der Waals surface area contributed by atoms with Crippen molar-refractivity contribution in [1.82, 2.24) is 0 Å². The second-order valence-corrected chi connectivity index (χ2v) is 3.64. The molecule has 1 amide bonds. The third-order valence-corrected chi connectivity index (χ3v) is 2.51. The molecule has 2 N–H and O–H groups in total. The van der Waals surface area contributed by atoms with Gasteiger partial charge in [0.25, 0.3) is 0 Å². The predicted octanol–water partition coefficient (Wildman–Crippen LogP) is 2.63. The van der Waals surface area contributed by atoms with Gasteiger partial charge in [0.2, 0.25) is 5.91 Å². The molecule has 0 fully saturated rings. The fraction of sp³-hybridized carbons (Fsp3) is 0.727. The molecule has 0 aliphatic heterocycles. The lowest BCUT2D eigenvalue weighted by Crippen LogP contribution is -2.36. The average Bonchev–Trinajstić information content (AvgIpc) is 2.05. The van der Waals surface area contributed by atoms with Gasteiger partial charge in [-0.15, -0.1) is 6.58 Å². The second-order valence-electron chi connectivity index (χ2n) is 3.64. The molecule has 0 aromatic heterocycles. The van der Waals surface area contributed by atoms with Crippen molar-refractivity contribution in [3.63, 3.8) is 0 Å². The number of primary amides is 1. The van der Waals surface area contributed by atoms with Crippen LogP contribution >= 0.6 is 0 Å². The molecule has 0 saturated carbocycles. The minimum absolute atomic E-state index is 0.170. The number of hydrogen-bond acceptors (Lipinski definition) is 1. The molecule has 0 atom stereocenters. The number of carbonyl (C=O) groups is 1. The highest BCUT2D eigenvalue weighted by molar-refractivity contribution is 5.80. The molecule has 76 valence electrons. The van der Waals surface area contributed by atoms with E-state index in [4.69, 9.17) is 5.73 Å². The van der Waals surface area contributed by atoms with Crippen molar-refractivity contribution in [2.75, 3.05) is 0 Å². The normalized spacial score (nSPS) is 11.2. The molecule has 2 heteroatoms. The van der Waals surface area contributed by atoms with Gasteiger partial charge in [0.05, 0.1) is 5.41 Å². The number of hydrogen-bond donors (Lipinski definition) is 1. The van der Waals surface area contributed by atoms with Crippen molar-refractivity contribution in [2.45, 2.75) is 46.0 Å². The van der Waals surface area contributed by atoms with E-state index in [0.717, 1.165) is 25.7 Å². The van der Waals surface area contributed by atoms with Crippen LogP contribution in [0.4, 0.5) is 0 Å². The van der Waals surface area contributed by atoms with Gasteiger partial charge < -0.3 is 5.73 Å². The lowest BCUT2D eigenvalue weighted by atomic mass is 9.76. The zero-order chi connectivity index (χ0) is 10.3. The highest BCUT2D eigenvalue weighted by Gasteiger charge is 2.32. The molecule has 2 nitrogen and oxygen atoms in total. The van der Waals surface area contributed by atoms with Gasteiger partial charge >= 0.3 is 0 Å². The minimum atomic E-state index is -0.328. The summed E-state index contributed by atoms with van der Waals surface area (Å²) in [6.45, 7) is 7.84. The Kier molecular flexibility index (Phi) is 5.44. The van der Waals surface area contributed by atoms with E-state index in [-0.39, 0.29) is 11.3 Å². The van der Waals surface area contributed by atoms with Gasteiger partial charge in [-0.2, -0.15) is 0 Å². The van der Waals surface area contributed by atoms with Crippen molar-refractivity contribution in [1.29, 1.82) is 0 Å². The van der Waals surface area contributed by atoms with Crippen molar-refractivity contribution >= 4 is 5.91 Å². The first-order valence-electron chi connectivity index (χ1n) is 5.03. The highest BCUT2D eigenvalue weighted by Crippen LogP contribution is 2.33. The van der Waals surface area contributed by atoms with Crippen LogP contribution in [-0.2, 0) is 4.79 Å². The number of amides is 1. The zero-order valence-electron chi connectivity index (χ0n) is 8.81. The SMILES string of the molecule is C=CCC(CCC)(CCC)C(N)=O. The van der Waals surface area contributed by atoms with Crippen LogP contribution < -0.4 is 5.73 Å². The van der Waals surface area contributed by atoms with E-state index in [9.17, 15) is 4.79 Å². The minimum Gasteiger partial charge on any atom is -0.369 e. The molecule has 0 aliphatic carbocycles. The van der Waals surface area contributed by atoms with Crippen LogP contribution in [0.3, 0.4) is 0 Å². The first-order chi connectivity index (χ1) is 6.13. The first kappa shape index (κ1) is 12.2. The van der Waals surface area contributed by atoms with Crippen LogP contribution in [0.25, 0.3) is 0 Å². The summed E-state index contributed by atoms with van der Waals surface area (Å²) in [7, 11) is 0. The Morgan fingerprint density at radius 2 is 1.85 bits per heavy atom. The van der Waals surface area contributed by atoms with Gasteiger partial charge in [-0.3, -0.25) is 4.79 Å². The Morgan fingerprint density at radius 1 is 1.38 bits per heavy atom. The Hall–Kier alpha value is -0.790. The fourth-order valence-corrected chi connectivity index (χ4v) is 1.91. The van der Waals surface area contributed by atoms with Crippen molar-refractivity contribution < 1.29 is 4.79 Å². The van der Waals surface area contributed by atoms with Gasteiger partial charge in [-0.25, -0.2) is 0 Å². The lowest BCUT2D eigenvalue weighted by molar-refractivity contribution is -0.128. The number of nitrogens with two attached hydrogens (primary N) is 1. The van der Waals surface area contributed by atoms with E-state index in [0.29, 0.717) is 6.42 Å². The van der Waals surface area contributed by atoms with Crippen molar-refractivity contribution in [2.24, 2.45) is 11.1 Å². The molecule has 0 spiro atoms. The van der Waals surface area contributed by atoms with E-state index >= 15 is 0 Å². The Bertz CT molecular complexity index is 169. The highest BCUT2D eigenvalue weighted by atomic mass is 16.1. The van der Waals surface area contributed by atoms with E-state index in [1.807, 2.05) is 0 Å². The summed E-state index contributed by atoms with van der Waals surface area (Å²) in [4.78, 5) is 11.4. The largest absolute Gasteiger partial charge is 0.369 e. The molecule has 0 aromatic rings. The maximum atomic E-state index is 11.4. The van der Waals surface area contributed by atoms with Crippen LogP contribution in [0.15, 0.2) is 12.7 Å². The summed E-state index contributed by atoms with van der Waals surface area (Å²) in [5, 5.41) is 0. The molecule has 0 unspecified atom stereocenters. The van der Waals surface area contributed by atoms with Crippen molar-refractivity contribution in [3.8, 4) is 0 Å². The van der Waals surface area contributed by atoms with E-state index in [1.54, 1.807) is 6.08 Å². The Balaban J connectivity index is 4.57. The predicted molar refractivity (Wildman–Crippen MR) is 56.3 cm³/mol. The molecule has 0 rings (SSSR count). The third-order valence-electron chi connectivity index (χ3n) is 2.51. The summed E-state index contributed by atoms with van der Waals surface area (Å²) in [5.41, 5.74) is 5.12. The molecule has 0 saturated heterocycles. The smallest absolute Gasteiger partial charge is 0.223 e. The maximum Gasteiger partial charge on any atom is 0.223 e. The monoisotopic (exact) mass is 183 g/mol. The van der Waals surface area contributed by atoms with Crippen LogP contribution in [0, 0.1) is 5.41 Å². The van der Waals surface area contributed by atoms with Crippen LogP contribution in [-0.4, -0.2) is 5.91 Å². The second kappa shape index (κ2) is 5.79. The molecule has 0 bridgehead atoms. The third kappa shape index (κ3) is 3.21. The number of allylic oxidation sites excluding steroid dienone is 1. The maximum absolute atomic E-state index is 11.4. The quantitative estimate of drug-likeness (QED) is 0.606.